The molecule has 1 aromatic rings. The van der Waals surface area contributed by atoms with Crippen molar-refractivity contribution in [1.29, 1.82) is 5.26 Å². The SMILES string of the molecule is CN[C@H](C(=O)N[C@H](C(=O)N(C)[C@H](/C=C(\C)C(=O)NCCC#N)C(C)C)C(C)(C)C)C(C)(C)c1ccccc1. The van der Waals surface area contributed by atoms with Crippen LogP contribution in [0.3, 0.4) is 0 Å². The zero-order valence-corrected chi connectivity index (χ0v) is 24.8. The Kier molecular flexibility index (Phi) is 12.2. The van der Waals surface area contributed by atoms with Crippen LogP contribution in [0.4, 0.5) is 0 Å². The summed E-state index contributed by atoms with van der Waals surface area (Å²) in [5.74, 6) is -0.741. The fraction of sp³-hybridized carbons (Fsp3) is 0.600. The number of carbonyl (C=O) groups is 3. The maximum atomic E-state index is 13.9. The fourth-order valence-corrected chi connectivity index (χ4v) is 4.53. The molecule has 0 unspecified atom stereocenters. The smallest absolute Gasteiger partial charge is 0.246 e. The average molecular weight is 526 g/mol. The van der Waals surface area contributed by atoms with Crippen LogP contribution in [-0.4, -0.2) is 61.4 Å². The highest BCUT2D eigenvalue weighted by atomic mass is 16.2. The van der Waals surface area contributed by atoms with Gasteiger partial charge in [-0.1, -0.05) is 84.9 Å². The van der Waals surface area contributed by atoms with Crippen molar-refractivity contribution in [3.63, 3.8) is 0 Å². The third-order valence-corrected chi connectivity index (χ3v) is 6.97. The first kappa shape index (κ1) is 32.8. The van der Waals surface area contributed by atoms with Crippen LogP contribution in [0, 0.1) is 22.7 Å². The third kappa shape index (κ3) is 8.70. The molecular formula is C30H47N5O3. The van der Waals surface area contributed by atoms with Gasteiger partial charge in [-0.15, -0.1) is 0 Å². The predicted octanol–water partition coefficient (Wildman–Crippen LogP) is 3.54. The third-order valence-electron chi connectivity index (χ3n) is 6.97. The topological polar surface area (TPSA) is 114 Å². The van der Waals surface area contributed by atoms with E-state index < -0.39 is 22.9 Å². The molecule has 3 N–H and O–H groups in total. The van der Waals surface area contributed by atoms with Crippen LogP contribution >= 0.6 is 0 Å². The first-order valence-corrected chi connectivity index (χ1v) is 13.2. The standard InChI is InChI=1S/C30H47N5O3/c1-20(2)23(19-21(3)26(36)33-18-14-17-31)35(10)28(38)25(29(4,5)6)34-27(37)24(32-9)30(7,8)22-15-12-11-13-16-22/h11-13,15-16,19-20,23-25,32H,14,18H2,1-10H3,(H,33,36)(H,34,37)/b21-19+/t23-,24-,25-/m1/s1. The monoisotopic (exact) mass is 525 g/mol. The Balaban J connectivity index is 3.24. The molecule has 0 bridgehead atoms. The summed E-state index contributed by atoms with van der Waals surface area (Å²) in [5.41, 5.74) is 0.387. The number of hydrogen-bond acceptors (Lipinski definition) is 5. The number of carbonyl (C=O) groups excluding carboxylic acids is 3. The number of amides is 3. The van der Waals surface area contributed by atoms with Crippen LogP contribution in [0.15, 0.2) is 42.0 Å². The number of nitrogens with zero attached hydrogens (tertiary/aromatic N) is 2. The maximum Gasteiger partial charge on any atom is 0.246 e. The summed E-state index contributed by atoms with van der Waals surface area (Å²) in [7, 11) is 3.46. The summed E-state index contributed by atoms with van der Waals surface area (Å²) in [6.45, 7) is 15.7. The van der Waals surface area contributed by atoms with E-state index in [4.69, 9.17) is 5.26 Å². The normalized spacial score (nSPS) is 14.7. The second kappa shape index (κ2) is 14.1. The van der Waals surface area contributed by atoms with Crippen molar-refractivity contribution in [3.8, 4) is 6.07 Å². The molecule has 0 aliphatic carbocycles. The molecule has 0 aliphatic heterocycles. The van der Waals surface area contributed by atoms with Gasteiger partial charge < -0.3 is 20.9 Å². The van der Waals surface area contributed by atoms with E-state index in [-0.39, 0.29) is 42.6 Å². The number of nitriles is 1. The van der Waals surface area contributed by atoms with Crippen LogP contribution in [0.25, 0.3) is 0 Å². The van der Waals surface area contributed by atoms with Gasteiger partial charge in [-0.25, -0.2) is 0 Å². The Labute approximate surface area is 229 Å². The van der Waals surface area contributed by atoms with E-state index in [1.807, 2.05) is 84.9 Å². The summed E-state index contributed by atoms with van der Waals surface area (Å²) in [6, 6.07) is 10.1. The molecule has 0 heterocycles. The zero-order valence-electron chi connectivity index (χ0n) is 24.8. The summed E-state index contributed by atoms with van der Waals surface area (Å²) in [5, 5.41) is 17.6. The minimum atomic E-state index is -0.790. The number of likely N-dealkylation sites (N-methyl/N-ethyl adjacent to an activating group) is 2. The van der Waals surface area contributed by atoms with Crippen LogP contribution in [-0.2, 0) is 19.8 Å². The largest absolute Gasteiger partial charge is 0.351 e. The molecule has 1 aromatic carbocycles. The van der Waals surface area contributed by atoms with E-state index in [1.165, 1.54) is 0 Å². The lowest BCUT2D eigenvalue weighted by molar-refractivity contribution is -0.140. The number of benzene rings is 1. The van der Waals surface area contributed by atoms with Crippen molar-refractivity contribution >= 4 is 17.7 Å². The van der Waals surface area contributed by atoms with Gasteiger partial charge in [0, 0.05) is 24.6 Å². The minimum Gasteiger partial charge on any atom is -0.351 e. The zero-order chi connectivity index (χ0) is 29.3. The molecule has 0 saturated heterocycles. The Bertz CT molecular complexity index is 1020. The van der Waals surface area contributed by atoms with Gasteiger partial charge in [-0.3, -0.25) is 14.4 Å². The predicted molar refractivity (Wildman–Crippen MR) is 152 cm³/mol. The van der Waals surface area contributed by atoms with Gasteiger partial charge >= 0.3 is 0 Å². The van der Waals surface area contributed by atoms with Gasteiger partial charge in [-0.2, -0.15) is 5.26 Å². The number of rotatable bonds is 12. The molecule has 3 atom stereocenters. The molecule has 0 aliphatic rings. The second-order valence-corrected chi connectivity index (χ2v) is 11.8. The molecule has 0 aromatic heterocycles. The Morgan fingerprint density at radius 1 is 1.05 bits per heavy atom. The molecule has 3 amide bonds. The summed E-state index contributed by atoms with van der Waals surface area (Å²) < 4.78 is 0. The highest BCUT2D eigenvalue weighted by molar-refractivity contribution is 5.93. The summed E-state index contributed by atoms with van der Waals surface area (Å²) >= 11 is 0. The Hall–Kier alpha value is -3.18. The fourth-order valence-electron chi connectivity index (χ4n) is 4.53. The van der Waals surface area contributed by atoms with Crippen LogP contribution in [0.1, 0.15) is 67.4 Å². The highest BCUT2D eigenvalue weighted by Gasteiger charge is 2.41. The van der Waals surface area contributed by atoms with Gasteiger partial charge in [0.05, 0.1) is 24.6 Å². The van der Waals surface area contributed by atoms with Crippen molar-refractivity contribution in [2.24, 2.45) is 11.3 Å². The van der Waals surface area contributed by atoms with Gasteiger partial charge in [0.1, 0.15) is 6.04 Å². The van der Waals surface area contributed by atoms with E-state index >= 15 is 0 Å². The van der Waals surface area contributed by atoms with E-state index in [1.54, 1.807) is 32.0 Å². The molecule has 0 fully saturated rings. The molecule has 210 valence electrons. The lowest BCUT2D eigenvalue weighted by Crippen LogP contribution is -2.61. The van der Waals surface area contributed by atoms with Crippen LogP contribution in [0.5, 0.6) is 0 Å². The Morgan fingerprint density at radius 2 is 1.63 bits per heavy atom. The molecular weight excluding hydrogens is 478 g/mol. The molecule has 0 spiro atoms. The van der Waals surface area contributed by atoms with Crippen molar-refractivity contribution in [1.82, 2.24) is 20.9 Å². The van der Waals surface area contributed by atoms with Crippen molar-refractivity contribution < 1.29 is 14.4 Å². The highest BCUT2D eigenvalue weighted by Crippen LogP contribution is 2.29. The van der Waals surface area contributed by atoms with Gasteiger partial charge in [0.25, 0.3) is 0 Å². The number of nitrogens with one attached hydrogen (secondary N) is 3. The van der Waals surface area contributed by atoms with E-state index in [0.29, 0.717) is 5.57 Å². The summed E-state index contributed by atoms with van der Waals surface area (Å²) in [4.78, 5) is 41.6. The van der Waals surface area contributed by atoms with Gasteiger partial charge in [0.15, 0.2) is 0 Å². The molecule has 8 nitrogen and oxygen atoms in total. The van der Waals surface area contributed by atoms with E-state index in [9.17, 15) is 14.4 Å². The maximum absolute atomic E-state index is 13.9. The van der Waals surface area contributed by atoms with E-state index in [2.05, 4.69) is 16.0 Å². The van der Waals surface area contributed by atoms with Crippen molar-refractivity contribution in [3.05, 3.63) is 47.5 Å². The Morgan fingerprint density at radius 3 is 2.11 bits per heavy atom. The first-order chi connectivity index (χ1) is 17.6. The molecule has 0 saturated carbocycles. The van der Waals surface area contributed by atoms with Gasteiger partial charge in [-0.05, 0) is 30.9 Å². The second-order valence-electron chi connectivity index (χ2n) is 11.8. The first-order valence-electron chi connectivity index (χ1n) is 13.2. The van der Waals surface area contributed by atoms with Crippen molar-refractivity contribution in [2.75, 3.05) is 20.6 Å². The minimum absolute atomic E-state index is 0.0178. The van der Waals surface area contributed by atoms with Crippen molar-refractivity contribution in [2.45, 2.75) is 85.4 Å². The van der Waals surface area contributed by atoms with E-state index in [0.717, 1.165) is 5.56 Å². The van der Waals surface area contributed by atoms with Crippen LogP contribution in [0.2, 0.25) is 0 Å². The molecule has 8 heteroatoms. The lowest BCUT2D eigenvalue weighted by Gasteiger charge is -2.40. The van der Waals surface area contributed by atoms with Gasteiger partial charge in [0.2, 0.25) is 17.7 Å². The molecule has 0 radical (unpaired) electrons. The number of hydrogen-bond donors (Lipinski definition) is 3. The molecule has 1 rings (SSSR count). The lowest BCUT2D eigenvalue weighted by atomic mass is 9.76. The molecule has 38 heavy (non-hydrogen) atoms. The summed E-state index contributed by atoms with van der Waals surface area (Å²) in [6.07, 6.45) is 2.01. The quantitative estimate of drug-likeness (QED) is 0.285. The van der Waals surface area contributed by atoms with Crippen LogP contribution < -0.4 is 16.0 Å². The average Bonchev–Trinajstić information content (AvgIpc) is 2.84.